The Morgan fingerprint density at radius 2 is 1.58 bits per heavy atom. The summed E-state index contributed by atoms with van der Waals surface area (Å²) in [7, 11) is -4.24. The van der Waals surface area contributed by atoms with Crippen molar-refractivity contribution in [2.75, 3.05) is 13.1 Å². The van der Waals surface area contributed by atoms with Crippen LogP contribution >= 0.6 is 0 Å². The highest BCUT2D eigenvalue weighted by Gasteiger charge is 2.31. The van der Waals surface area contributed by atoms with E-state index in [4.69, 9.17) is 0 Å². The molecule has 1 atom stereocenters. The molecule has 0 spiro atoms. The first-order chi connectivity index (χ1) is 15.9. The van der Waals surface area contributed by atoms with Crippen molar-refractivity contribution in [2.45, 2.75) is 23.8 Å². The summed E-state index contributed by atoms with van der Waals surface area (Å²) in [6.07, 6.45) is 2.84. The fraction of sp³-hybridized carbons (Fsp3) is 0.192. The van der Waals surface area contributed by atoms with Crippen LogP contribution in [-0.2, 0) is 21.2 Å². The van der Waals surface area contributed by atoms with Gasteiger partial charge in [-0.2, -0.15) is 4.72 Å². The third-order valence-corrected chi connectivity index (χ3v) is 7.17. The van der Waals surface area contributed by atoms with E-state index >= 15 is 0 Å². The molecule has 0 radical (unpaired) electrons. The van der Waals surface area contributed by atoms with Gasteiger partial charge in [0.25, 0.3) is 0 Å². The lowest BCUT2D eigenvalue weighted by Crippen LogP contribution is -2.50. The van der Waals surface area contributed by atoms with Crippen LogP contribution < -0.4 is 4.72 Å². The van der Waals surface area contributed by atoms with E-state index in [1.807, 2.05) is 66.7 Å². The number of rotatable bonds is 7. The van der Waals surface area contributed by atoms with Crippen molar-refractivity contribution in [3.8, 4) is 0 Å². The zero-order valence-electron chi connectivity index (χ0n) is 18.0. The number of halogens is 1. The van der Waals surface area contributed by atoms with Crippen LogP contribution in [0.4, 0.5) is 4.39 Å². The van der Waals surface area contributed by atoms with Gasteiger partial charge in [0, 0.05) is 13.1 Å². The van der Waals surface area contributed by atoms with Gasteiger partial charge in [-0.05, 0) is 41.7 Å². The smallest absolute Gasteiger partial charge is 0.244 e. The maximum Gasteiger partial charge on any atom is 0.244 e. The van der Waals surface area contributed by atoms with Gasteiger partial charge in [-0.3, -0.25) is 4.79 Å². The Morgan fingerprint density at radius 1 is 0.939 bits per heavy atom. The fourth-order valence-corrected chi connectivity index (χ4v) is 5.21. The number of nitrogens with zero attached hydrogens (tertiary/aromatic N) is 1. The van der Waals surface area contributed by atoms with E-state index in [-0.39, 0.29) is 12.3 Å². The minimum Gasteiger partial charge on any atom is -0.337 e. The summed E-state index contributed by atoms with van der Waals surface area (Å²) in [6.45, 7) is 0.863. The summed E-state index contributed by atoms with van der Waals surface area (Å²) >= 11 is 0. The molecule has 1 amide bonds. The second-order valence-electron chi connectivity index (χ2n) is 7.92. The molecule has 4 rings (SSSR count). The van der Waals surface area contributed by atoms with E-state index in [0.29, 0.717) is 19.5 Å². The maximum atomic E-state index is 14.2. The van der Waals surface area contributed by atoms with Crippen LogP contribution in [0.3, 0.4) is 0 Å². The summed E-state index contributed by atoms with van der Waals surface area (Å²) in [4.78, 5) is 14.6. The quantitative estimate of drug-likeness (QED) is 0.574. The monoisotopic (exact) mass is 464 g/mol. The number of carbonyl (C=O) groups is 1. The van der Waals surface area contributed by atoms with Gasteiger partial charge in [-0.25, -0.2) is 12.8 Å². The fourth-order valence-electron chi connectivity index (χ4n) is 3.95. The second-order valence-corrected chi connectivity index (χ2v) is 9.61. The van der Waals surface area contributed by atoms with Crippen LogP contribution in [-0.4, -0.2) is 38.4 Å². The summed E-state index contributed by atoms with van der Waals surface area (Å²) in [5.41, 5.74) is 3.08. The molecule has 33 heavy (non-hydrogen) atoms. The molecular formula is C26H25FN2O3S. The predicted octanol–water partition coefficient (Wildman–Crippen LogP) is 4.03. The predicted molar refractivity (Wildman–Crippen MR) is 126 cm³/mol. The van der Waals surface area contributed by atoms with Crippen LogP contribution in [0.1, 0.15) is 17.5 Å². The minimum absolute atomic E-state index is 0.166. The van der Waals surface area contributed by atoms with Gasteiger partial charge in [-0.15, -0.1) is 0 Å². The lowest BCUT2D eigenvalue weighted by molar-refractivity contribution is -0.132. The lowest BCUT2D eigenvalue weighted by atomic mass is 9.98. The summed E-state index contributed by atoms with van der Waals surface area (Å²) in [6, 6.07) is 23.2. The average Bonchev–Trinajstić information content (AvgIpc) is 2.84. The zero-order valence-corrected chi connectivity index (χ0v) is 18.8. The van der Waals surface area contributed by atoms with Crippen molar-refractivity contribution in [1.82, 2.24) is 9.62 Å². The Bertz CT molecular complexity index is 1240. The van der Waals surface area contributed by atoms with Gasteiger partial charge in [-0.1, -0.05) is 78.9 Å². The number of hydrogen-bond donors (Lipinski definition) is 1. The van der Waals surface area contributed by atoms with E-state index in [1.54, 1.807) is 4.90 Å². The highest BCUT2D eigenvalue weighted by atomic mass is 32.2. The summed E-state index contributed by atoms with van der Waals surface area (Å²) < 4.78 is 42.5. The molecule has 0 saturated heterocycles. The van der Waals surface area contributed by atoms with Crippen molar-refractivity contribution in [3.63, 3.8) is 0 Å². The third-order valence-electron chi connectivity index (χ3n) is 5.67. The molecule has 3 aromatic carbocycles. The maximum absolute atomic E-state index is 14.2. The minimum atomic E-state index is -4.24. The molecule has 1 heterocycles. The molecule has 0 fully saturated rings. The number of benzene rings is 3. The Morgan fingerprint density at radius 3 is 2.21 bits per heavy atom. The van der Waals surface area contributed by atoms with Crippen LogP contribution in [0.25, 0.3) is 5.57 Å². The normalized spacial score (nSPS) is 15.1. The van der Waals surface area contributed by atoms with Crippen molar-refractivity contribution in [2.24, 2.45) is 0 Å². The highest BCUT2D eigenvalue weighted by molar-refractivity contribution is 7.89. The molecule has 1 N–H and O–H groups in total. The SMILES string of the molecule is O=C(C(Cc1ccccc1)NS(=O)(=O)c1ccccc1F)N1CC=C(c2ccccc2)CC1. The highest BCUT2D eigenvalue weighted by Crippen LogP contribution is 2.23. The van der Waals surface area contributed by atoms with E-state index in [1.165, 1.54) is 18.2 Å². The Labute approximate surface area is 193 Å². The first-order valence-electron chi connectivity index (χ1n) is 10.8. The zero-order chi connectivity index (χ0) is 23.3. The van der Waals surface area contributed by atoms with Gasteiger partial charge in [0.15, 0.2) is 0 Å². The molecule has 170 valence electrons. The van der Waals surface area contributed by atoms with Gasteiger partial charge < -0.3 is 4.90 Å². The number of nitrogens with one attached hydrogen (secondary N) is 1. The molecule has 1 aliphatic rings. The standard InChI is InChI=1S/C26H25FN2O3S/c27-23-13-7-8-14-25(23)33(31,32)28-24(19-20-9-3-1-4-10-20)26(30)29-17-15-22(16-18-29)21-11-5-2-6-12-21/h1-15,24,28H,16-19H2. The largest absolute Gasteiger partial charge is 0.337 e. The molecule has 0 aliphatic carbocycles. The molecule has 0 saturated carbocycles. The van der Waals surface area contributed by atoms with E-state index in [2.05, 4.69) is 4.72 Å². The Kier molecular flexibility index (Phi) is 7.01. The van der Waals surface area contributed by atoms with E-state index < -0.39 is 26.8 Å². The van der Waals surface area contributed by atoms with E-state index in [0.717, 1.165) is 22.8 Å². The molecular weight excluding hydrogens is 439 g/mol. The molecule has 1 aliphatic heterocycles. The van der Waals surface area contributed by atoms with Crippen molar-refractivity contribution < 1.29 is 17.6 Å². The summed E-state index contributed by atoms with van der Waals surface area (Å²) in [5, 5.41) is 0. The van der Waals surface area contributed by atoms with Crippen molar-refractivity contribution in [3.05, 3.63) is 108 Å². The lowest BCUT2D eigenvalue weighted by Gasteiger charge is -2.30. The molecule has 1 unspecified atom stereocenters. The van der Waals surface area contributed by atoms with Crippen LogP contribution in [0.15, 0.2) is 95.9 Å². The second kappa shape index (κ2) is 10.1. The van der Waals surface area contributed by atoms with Gasteiger partial charge >= 0.3 is 0 Å². The molecule has 0 bridgehead atoms. The van der Waals surface area contributed by atoms with E-state index in [9.17, 15) is 17.6 Å². The summed E-state index contributed by atoms with van der Waals surface area (Å²) in [5.74, 6) is -1.19. The number of sulfonamides is 1. The molecule has 5 nitrogen and oxygen atoms in total. The average molecular weight is 465 g/mol. The topological polar surface area (TPSA) is 66.5 Å². The molecule has 0 aromatic heterocycles. The van der Waals surface area contributed by atoms with Crippen LogP contribution in [0.5, 0.6) is 0 Å². The van der Waals surface area contributed by atoms with Crippen molar-refractivity contribution in [1.29, 1.82) is 0 Å². The van der Waals surface area contributed by atoms with Crippen molar-refractivity contribution >= 4 is 21.5 Å². The van der Waals surface area contributed by atoms with Crippen LogP contribution in [0, 0.1) is 5.82 Å². The molecule has 3 aromatic rings. The van der Waals surface area contributed by atoms with Gasteiger partial charge in [0.1, 0.15) is 16.8 Å². The number of amides is 1. The van der Waals surface area contributed by atoms with Crippen LogP contribution in [0.2, 0.25) is 0 Å². The Hall–Kier alpha value is -3.29. The number of carbonyl (C=O) groups excluding carboxylic acids is 1. The molecule has 7 heteroatoms. The number of hydrogen-bond acceptors (Lipinski definition) is 3. The third kappa shape index (κ3) is 5.56. The Balaban J connectivity index is 1.56. The van der Waals surface area contributed by atoms with Gasteiger partial charge in [0.2, 0.25) is 15.9 Å². The van der Waals surface area contributed by atoms with Gasteiger partial charge in [0.05, 0.1) is 0 Å². The first kappa shape index (κ1) is 22.9. The first-order valence-corrected chi connectivity index (χ1v) is 12.3.